The van der Waals surface area contributed by atoms with Crippen LogP contribution in [0.4, 0.5) is 0 Å². The Morgan fingerprint density at radius 3 is 1.10 bits per heavy atom. The molecule has 0 spiro atoms. The van der Waals surface area contributed by atoms with E-state index in [-0.39, 0.29) is 12.5 Å². The number of aliphatic hydroxyl groups is 2. The van der Waals surface area contributed by atoms with Crippen LogP contribution < -0.4 is 5.32 Å². The van der Waals surface area contributed by atoms with E-state index in [0.717, 1.165) is 122 Å². The Hall–Kier alpha value is -4.25. The summed E-state index contributed by atoms with van der Waals surface area (Å²) in [6.07, 6.45) is 84.7. The van der Waals surface area contributed by atoms with Crippen LogP contribution in [0.25, 0.3) is 0 Å². The minimum Gasteiger partial charge on any atom is -0.394 e. The Balaban J connectivity index is 3.79. The van der Waals surface area contributed by atoms with Crippen molar-refractivity contribution in [1.29, 1.82) is 0 Å². The normalized spacial score (nSPS) is 14.5. The van der Waals surface area contributed by atoms with Crippen molar-refractivity contribution in [2.75, 3.05) is 6.61 Å². The monoisotopic (exact) mass is 848 g/mol. The summed E-state index contributed by atoms with van der Waals surface area (Å²) < 4.78 is 0. The fourth-order valence-corrected chi connectivity index (χ4v) is 5.98. The van der Waals surface area contributed by atoms with Gasteiger partial charge in [0.05, 0.1) is 18.8 Å². The highest BCUT2D eigenvalue weighted by Crippen LogP contribution is 2.07. The molecule has 4 heteroatoms. The van der Waals surface area contributed by atoms with Crippen molar-refractivity contribution in [2.24, 2.45) is 0 Å². The second-order valence-corrected chi connectivity index (χ2v) is 15.4. The molecule has 344 valence electrons. The fourth-order valence-electron chi connectivity index (χ4n) is 5.98. The minimum absolute atomic E-state index is 0.120. The summed E-state index contributed by atoms with van der Waals surface area (Å²) in [6.45, 7) is 4.10. The number of allylic oxidation sites excluding steroid dienone is 27. The van der Waals surface area contributed by atoms with Crippen LogP contribution in [0.2, 0.25) is 0 Å². The van der Waals surface area contributed by atoms with Crippen molar-refractivity contribution in [3.05, 3.63) is 170 Å². The van der Waals surface area contributed by atoms with Gasteiger partial charge in [0, 0.05) is 6.42 Å². The molecular formula is C58H89NO3. The van der Waals surface area contributed by atoms with Crippen molar-refractivity contribution < 1.29 is 15.0 Å². The third kappa shape index (κ3) is 46.8. The summed E-state index contributed by atoms with van der Waals surface area (Å²) in [7, 11) is 0. The predicted molar refractivity (Wildman–Crippen MR) is 275 cm³/mol. The summed E-state index contributed by atoms with van der Waals surface area (Å²) in [4.78, 5) is 12.4. The lowest BCUT2D eigenvalue weighted by molar-refractivity contribution is -0.123. The molecule has 0 saturated heterocycles. The Bertz CT molecular complexity index is 1420. The zero-order valence-corrected chi connectivity index (χ0v) is 39.3. The minimum atomic E-state index is -0.896. The van der Waals surface area contributed by atoms with Crippen molar-refractivity contribution in [1.82, 2.24) is 5.32 Å². The van der Waals surface area contributed by atoms with Gasteiger partial charge in [-0.2, -0.15) is 0 Å². The van der Waals surface area contributed by atoms with Gasteiger partial charge < -0.3 is 15.5 Å². The molecule has 0 heterocycles. The lowest BCUT2D eigenvalue weighted by Crippen LogP contribution is -2.45. The molecule has 0 saturated carbocycles. The van der Waals surface area contributed by atoms with Crippen LogP contribution in [-0.2, 0) is 4.79 Å². The lowest BCUT2D eigenvalue weighted by atomic mass is 10.1. The quantitative estimate of drug-likeness (QED) is 0.0424. The molecule has 0 aliphatic rings. The molecule has 3 N–H and O–H groups in total. The third-order valence-corrected chi connectivity index (χ3v) is 9.66. The lowest BCUT2D eigenvalue weighted by Gasteiger charge is -2.19. The van der Waals surface area contributed by atoms with Gasteiger partial charge in [-0.05, 0) is 128 Å². The zero-order valence-electron chi connectivity index (χ0n) is 39.3. The first-order chi connectivity index (χ1) is 30.7. The van der Waals surface area contributed by atoms with Gasteiger partial charge in [0.2, 0.25) is 5.91 Å². The highest BCUT2D eigenvalue weighted by atomic mass is 16.3. The Labute approximate surface area is 381 Å². The summed E-state index contributed by atoms with van der Waals surface area (Å²) in [5.74, 6) is -0.120. The van der Waals surface area contributed by atoms with Crippen LogP contribution in [0.5, 0.6) is 0 Å². The number of carbonyl (C=O) groups excluding carboxylic acids is 1. The maximum absolute atomic E-state index is 12.4. The first kappa shape index (κ1) is 57.8. The van der Waals surface area contributed by atoms with E-state index in [0.29, 0.717) is 6.42 Å². The molecule has 0 aliphatic heterocycles. The predicted octanol–water partition coefficient (Wildman–Crippen LogP) is 16.0. The third-order valence-electron chi connectivity index (χ3n) is 9.66. The van der Waals surface area contributed by atoms with E-state index in [9.17, 15) is 15.0 Å². The standard InChI is InChI=1S/C58H89NO3/c1-3-5-7-9-11-13-15-17-18-19-20-21-22-23-24-25-26-27-28-29-30-31-32-33-34-35-36-37-38-39-40-42-44-46-48-50-52-54-58(62)59-56(55-60)57(61)53-51-49-47-45-43-41-16-14-12-10-8-6-4-2/h5,7,11-14,17-18,20-21,23-24,26-27,29-30,32-33,35-36,38-39,42-45,51,53,56-57,60-61H,3-4,6,8-10,15-16,19,22,25,28,31,34,37,40-41,46-50,52,54-55H2,1-2H3,(H,59,62)/b7-5-,13-11-,14-12+,18-17-,21-20-,24-23-,27-26-,30-29-,33-32-,36-35-,39-38-,44-42-,45-43+,53-51+. The number of hydrogen-bond donors (Lipinski definition) is 3. The van der Waals surface area contributed by atoms with Crippen LogP contribution in [0.1, 0.15) is 168 Å². The molecule has 0 bridgehead atoms. The van der Waals surface area contributed by atoms with E-state index < -0.39 is 12.1 Å². The van der Waals surface area contributed by atoms with Gasteiger partial charge in [0.25, 0.3) is 0 Å². The van der Waals surface area contributed by atoms with Gasteiger partial charge in [0.15, 0.2) is 0 Å². The molecule has 0 aromatic rings. The first-order valence-electron chi connectivity index (χ1n) is 24.3. The van der Waals surface area contributed by atoms with Crippen molar-refractivity contribution in [3.63, 3.8) is 0 Å². The SMILES string of the molecule is CC/C=C\C/C=C\C/C=C\C/C=C\C/C=C\C/C=C\C/C=C\C/C=C\C/C=C\C/C=C\C/C=C\CCCCCC(=O)NC(CO)C(O)/C=C/CC/C=C/CC/C=C/CCCCC. The van der Waals surface area contributed by atoms with Crippen molar-refractivity contribution in [3.8, 4) is 0 Å². The number of unbranched alkanes of at least 4 members (excludes halogenated alkanes) is 8. The van der Waals surface area contributed by atoms with Gasteiger partial charge in [-0.1, -0.05) is 203 Å². The van der Waals surface area contributed by atoms with E-state index in [2.05, 4.69) is 177 Å². The van der Waals surface area contributed by atoms with Gasteiger partial charge in [-0.15, -0.1) is 0 Å². The highest BCUT2D eigenvalue weighted by Gasteiger charge is 2.17. The molecule has 1 amide bonds. The van der Waals surface area contributed by atoms with Crippen LogP contribution in [0, 0.1) is 0 Å². The smallest absolute Gasteiger partial charge is 0.220 e. The van der Waals surface area contributed by atoms with Crippen molar-refractivity contribution in [2.45, 2.75) is 180 Å². The number of hydrogen-bond acceptors (Lipinski definition) is 3. The van der Waals surface area contributed by atoms with E-state index in [4.69, 9.17) is 0 Å². The van der Waals surface area contributed by atoms with E-state index in [1.165, 1.54) is 25.7 Å². The maximum atomic E-state index is 12.4. The Morgan fingerprint density at radius 2 is 0.726 bits per heavy atom. The van der Waals surface area contributed by atoms with Crippen molar-refractivity contribution >= 4 is 5.91 Å². The van der Waals surface area contributed by atoms with Crippen LogP contribution in [-0.4, -0.2) is 34.9 Å². The Kier molecular flexibility index (Phi) is 47.6. The van der Waals surface area contributed by atoms with Gasteiger partial charge >= 0.3 is 0 Å². The molecule has 4 nitrogen and oxygen atoms in total. The first-order valence-corrected chi connectivity index (χ1v) is 24.3. The summed E-state index contributed by atoms with van der Waals surface area (Å²) in [5.41, 5.74) is 0. The maximum Gasteiger partial charge on any atom is 0.220 e. The fraction of sp³-hybridized carbons (Fsp3) is 0.500. The number of aliphatic hydroxyl groups excluding tert-OH is 2. The average Bonchev–Trinajstić information content (AvgIpc) is 3.28. The molecule has 0 aliphatic carbocycles. The number of carbonyl (C=O) groups is 1. The van der Waals surface area contributed by atoms with Gasteiger partial charge in [0.1, 0.15) is 0 Å². The van der Waals surface area contributed by atoms with E-state index >= 15 is 0 Å². The van der Waals surface area contributed by atoms with Crippen LogP contribution >= 0.6 is 0 Å². The molecule has 0 fully saturated rings. The van der Waals surface area contributed by atoms with Crippen LogP contribution in [0.3, 0.4) is 0 Å². The second kappa shape index (κ2) is 51.1. The average molecular weight is 848 g/mol. The number of amides is 1. The highest BCUT2D eigenvalue weighted by molar-refractivity contribution is 5.76. The van der Waals surface area contributed by atoms with Crippen LogP contribution in [0.15, 0.2) is 170 Å². The summed E-state index contributed by atoms with van der Waals surface area (Å²) in [6, 6.07) is -0.676. The molecule has 0 radical (unpaired) electrons. The van der Waals surface area contributed by atoms with Gasteiger partial charge in [-0.25, -0.2) is 0 Å². The number of rotatable bonds is 41. The Morgan fingerprint density at radius 1 is 0.403 bits per heavy atom. The van der Waals surface area contributed by atoms with E-state index in [1.54, 1.807) is 6.08 Å². The number of nitrogens with one attached hydrogen (secondary N) is 1. The summed E-state index contributed by atoms with van der Waals surface area (Å²) in [5, 5.41) is 22.9. The molecule has 0 aromatic carbocycles. The molecule has 0 aromatic heterocycles. The topological polar surface area (TPSA) is 69.6 Å². The zero-order chi connectivity index (χ0) is 44.9. The molecule has 2 unspecified atom stereocenters. The molecule has 2 atom stereocenters. The molecule has 0 rings (SSSR count). The second-order valence-electron chi connectivity index (χ2n) is 15.4. The largest absolute Gasteiger partial charge is 0.394 e. The summed E-state index contributed by atoms with van der Waals surface area (Å²) >= 11 is 0. The van der Waals surface area contributed by atoms with Gasteiger partial charge in [-0.3, -0.25) is 4.79 Å². The van der Waals surface area contributed by atoms with E-state index in [1.807, 2.05) is 6.08 Å². The molecule has 62 heavy (non-hydrogen) atoms. The molecular weight excluding hydrogens is 759 g/mol.